The number of halogens is 5. The van der Waals surface area contributed by atoms with Gasteiger partial charge in [0.1, 0.15) is 0 Å². The number of hydrogen-bond donors (Lipinski definition) is 1. The van der Waals surface area contributed by atoms with Gasteiger partial charge in [0.25, 0.3) is 0 Å². The van der Waals surface area contributed by atoms with Crippen LogP contribution in [0, 0.1) is 29.1 Å². The van der Waals surface area contributed by atoms with Crippen LogP contribution in [0.15, 0.2) is 6.08 Å². The molecule has 0 saturated heterocycles. The fraction of sp³-hybridized carbons (Fsp3) is 0.200. The molecule has 0 heterocycles. The monoisotopic (exact) mass is 237 g/mol. The molecule has 1 aromatic carbocycles. The van der Waals surface area contributed by atoms with Crippen molar-refractivity contribution in [2.45, 2.75) is 13.0 Å². The first-order valence-corrected chi connectivity index (χ1v) is 4.31. The van der Waals surface area contributed by atoms with E-state index < -0.39 is 40.7 Å². The lowest BCUT2D eigenvalue weighted by Crippen LogP contribution is -2.10. The highest BCUT2D eigenvalue weighted by atomic mass is 19.2. The van der Waals surface area contributed by atoms with E-state index in [2.05, 4.69) is 0 Å². The first kappa shape index (κ1) is 12.6. The van der Waals surface area contributed by atoms with E-state index in [1.807, 2.05) is 0 Å². The Bertz CT molecular complexity index is 410. The summed E-state index contributed by atoms with van der Waals surface area (Å²) < 4.78 is 64.1. The minimum absolute atomic E-state index is 0.560. The van der Waals surface area contributed by atoms with E-state index in [1.54, 1.807) is 0 Å². The molecular formula is C10H8F5N. The van der Waals surface area contributed by atoms with E-state index in [4.69, 9.17) is 5.73 Å². The maximum atomic E-state index is 13.0. The van der Waals surface area contributed by atoms with Gasteiger partial charge in [0, 0.05) is 6.04 Å². The van der Waals surface area contributed by atoms with Crippen LogP contribution in [0.2, 0.25) is 0 Å². The summed E-state index contributed by atoms with van der Waals surface area (Å²) in [6.45, 7) is 1.49. The summed E-state index contributed by atoms with van der Waals surface area (Å²) in [5.74, 6) is -9.85. The smallest absolute Gasteiger partial charge is 0.200 e. The highest BCUT2D eigenvalue weighted by Crippen LogP contribution is 2.23. The number of nitrogens with two attached hydrogens (primary N) is 1. The Kier molecular flexibility index (Phi) is 3.64. The van der Waals surface area contributed by atoms with Gasteiger partial charge in [-0.2, -0.15) is 0 Å². The van der Waals surface area contributed by atoms with E-state index in [-0.39, 0.29) is 0 Å². The maximum Gasteiger partial charge on any atom is 0.200 e. The van der Waals surface area contributed by atoms with Crippen LogP contribution < -0.4 is 5.73 Å². The van der Waals surface area contributed by atoms with Crippen molar-refractivity contribution in [1.29, 1.82) is 0 Å². The van der Waals surface area contributed by atoms with E-state index in [9.17, 15) is 22.0 Å². The first-order valence-electron chi connectivity index (χ1n) is 4.31. The van der Waals surface area contributed by atoms with Crippen molar-refractivity contribution in [3.63, 3.8) is 0 Å². The minimum Gasteiger partial charge on any atom is -0.325 e. The molecule has 16 heavy (non-hydrogen) atoms. The Morgan fingerprint density at radius 2 is 1.25 bits per heavy atom. The lowest BCUT2D eigenvalue weighted by atomic mass is 10.1. The minimum atomic E-state index is -2.17. The van der Waals surface area contributed by atoms with Gasteiger partial charge >= 0.3 is 0 Å². The summed E-state index contributed by atoms with van der Waals surface area (Å²) in [7, 11) is 0. The Labute approximate surface area is 88.4 Å². The van der Waals surface area contributed by atoms with E-state index in [0.29, 0.717) is 0 Å². The molecule has 1 nitrogen and oxygen atoms in total. The molecule has 0 aliphatic rings. The quantitative estimate of drug-likeness (QED) is 0.477. The summed E-state index contributed by atoms with van der Waals surface area (Å²) in [4.78, 5) is 0. The van der Waals surface area contributed by atoms with Crippen molar-refractivity contribution in [3.8, 4) is 0 Å². The number of benzene rings is 1. The van der Waals surface area contributed by atoms with Gasteiger partial charge in [-0.1, -0.05) is 12.2 Å². The average Bonchev–Trinajstić information content (AvgIpc) is 2.23. The second-order valence-electron chi connectivity index (χ2n) is 3.20. The Hall–Kier alpha value is -1.43. The van der Waals surface area contributed by atoms with Crippen LogP contribution in [-0.2, 0) is 0 Å². The zero-order valence-corrected chi connectivity index (χ0v) is 8.20. The molecule has 1 atom stereocenters. The summed E-state index contributed by atoms with van der Waals surface area (Å²) in [5, 5.41) is 0. The molecule has 0 amide bonds. The predicted octanol–water partition coefficient (Wildman–Crippen LogP) is 2.74. The van der Waals surface area contributed by atoms with Crippen molar-refractivity contribution in [1.82, 2.24) is 0 Å². The molecule has 0 saturated carbocycles. The van der Waals surface area contributed by atoms with Crippen LogP contribution >= 0.6 is 0 Å². The predicted molar refractivity (Wildman–Crippen MR) is 48.9 cm³/mol. The van der Waals surface area contributed by atoms with Crippen molar-refractivity contribution >= 4 is 6.08 Å². The van der Waals surface area contributed by atoms with Gasteiger partial charge < -0.3 is 5.73 Å². The van der Waals surface area contributed by atoms with E-state index in [0.717, 1.165) is 12.2 Å². The molecule has 0 radical (unpaired) electrons. The Balaban J connectivity index is 3.40. The Morgan fingerprint density at radius 1 is 0.875 bits per heavy atom. The molecule has 0 aliphatic heterocycles. The van der Waals surface area contributed by atoms with Gasteiger partial charge in [-0.25, -0.2) is 22.0 Å². The van der Waals surface area contributed by atoms with Crippen molar-refractivity contribution < 1.29 is 22.0 Å². The molecule has 1 rings (SSSR count). The highest BCUT2D eigenvalue weighted by molar-refractivity contribution is 5.52. The third-order valence-electron chi connectivity index (χ3n) is 1.81. The lowest BCUT2D eigenvalue weighted by molar-refractivity contribution is 0.377. The Morgan fingerprint density at radius 3 is 1.62 bits per heavy atom. The molecule has 0 aromatic heterocycles. The van der Waals surface area contributed by atoms with Crippen LogP contribution in [0.4, 0.5) is 22.0 Å². The molecular weight excluding hydrogens is 229 g/mol. The summed E-state index contributed by atoms with van der Waals surface area (Å²) in [6.07, 6.45) is 1.89. The lowest BCUT2D eigenvalue weighted by Gasteiger charge is -2.04. The molecule has 0 spiro atoms. The highest BCUT2D eigenvalue weighted by Gasteiger charge is 2.23. The van der Waals surface area contributed by atoms with Crippen LogP contribution in [0.5, 0.6) is 0 Å². The molecule has 1 aromatic rings. The van der Waals surface area contributed by atoms with Crippen molar-refractivity contribution in [2.24, 2.45) is 5.73 Å². The second-order valence-corrected chi connectivity index (χ2v) is 3.20. The molecule has 0 fully saturated rings. The molecule has 88 valence electrons. The normalized spacial score (nSPS) is 13.4. The van der Waals surface area contributed by atoms with Gasteiger partial charge in [0.15, 0.2) is 23.3 Å². The van der Waals surface area contributed by atoms with Gasteiger partial charge in [-0.15, -0.1) is 0 Å². The number of rotatable bonds is 2. The molecule has 2 N–H and O–H groups in total. The van der Waals surface area contributed by atoms with Gasteiger partial charge in [-0.3, -0.25) is 0 Å². The van der Waals surface area contributed by atoms with Crippen LogP contribution in [0.1, 0.15) is 12.5 Å². The van der Waals surface area contributed by atoms with Gasteiger partial charge in [0.05, 0.1) is 5.56 Å². The van der Waals surface area contributed by atoms with Crippen LogP contribution in [0.3, 0.4) is 0 Å². The fourth-order valence-electron chi connectivity index (χ4n) is 1.02. The van der Waals surface area contributed by atoms with Gasteiger partial charge in [-0.05, 0) is 6.92 Å². The summed E-state index contributed by atoms with van der Waals surface area (Å²) in [5.41, 5.74) is 4.26. The summed E-state index contributed by atoms with van der Waals surface area (Å²) in [6, 6.07) is -0.560. The molecule has 0 aliphatic carbocycles. The third-order valence-corrected chi connectivity index (χ3v) is 1.81. The molecule has 0 bridgehead atoms. The fourth-order valence-corrected chi connectivity index (χ4v) is 1.02. The third kappa shape index (κ3) is 2.21. The largest absolute Gasteiger partial charge is 0.325 e. The van der Waals surface area contributed by atoms with Gasteiger partial charge in [0.2, 0.25) is 5.82 Å². The molecule has 6 heteroatoms. The van der Waals surface area contributed by atoms with Crippen LogP contribution in [-0.4, -0.2) is 6.04 Å². The molecule has 1 unspecified atom stereocenters. The SMILES string of the molecule is CC(N)/C=C/c1c(F)c(F)c(F)c(F)c1F. The zero-order chi connectivity index (χ0) is 12.5. The summed E-state index contributed by atoms with van der Waals surface area (Å²) >= 11 is 0. The van der Waals surface area contributed by atoms with E-state index >= 15 is 0 Å². The zero-order valence-electron chi connectivity index (χ0n) is 8.20. The van der Waals surface area contributed by atoms with E-state index in [1.165, 1.54) is 6.92 Å². The standard InChI is InChI=1S/C10H8F5N/c1-4(16)2-3-5-6(11)8(13)10(15)9(14)7(5)12/h2-4H,16H2,1H3/b3-2+. The average molecular weight is 237 g/mol. The first-order chi connectivity index (χ1) is 7.36. The van der Waals surface area contributed by atoms with Crippen molar-refractivity contribution in [2.75, 3.05) is 0 Å². The number of hydrogen-bond acceptors (Lipinski definition) is 1. The van der Waals surface area contributed by atoms with Crippen molar-refractivity contribution in [3.05, 3.63) is 40.7 Å². The topological polar surface area (TPSA) is 26.0 Å². The van der Waals surface area contributed by atoms with Crippen LogP contribution in [0.25, 0.3) is 6.08 Å². The second kappa shape index (κ2) is 4.61. The maximum absolute atomic E-state index is 13.0.